The van der Waals surface area contributed by atoms with Gasteiger partial charge in [-0.2, -0.15) is 0 Å². The first-order valence-electron chi connectivity index (χ1n) is 5.76. The molecule has 98 valence electrons. The van der Waals surface area contributed by atoms with Gasteiger partial charge in [-0.15, -0.1) is 0 Å². The summed E-state index contributed by atoms with van der Waals surface area (Å²) in [4.78, 5) is 22.4. The van der Waals surface area contributed by atoms with Crippen LogP contribution in [-0.2, 0) is 9.59 Å². The molecule has 1 rings (SSSR count). The number of amides is 2. The van der Waals surface area contributed by atoms with Crippen molar-refractivity contribution in [3.63, 3.8) is 0 Å². The Bertz CT molecular complexity index is 435. The highest BCUT2D eigenvalue weighted by Gasteiger charge is 2.09. The molecule has 0 saturated carbocycles. The van der Waals surface area contributed by atoms with Crippen LogP contribution in [0.25, 0.3) is 0 Å². The number of alkyl halides is 1. The predicted octanol–water partition coefficient (Wildman–Crippen LogP) is 2.61. The van der Waals surface area contributed by atoms with Crippen LogP contribution in [0.1, 0.15) is 31.9 Å². The van der Waals surface area contributed by atoms with E-state index < -0.39 is 0 Å². The molecule has 1 unspecified atom stereocenters. The van der Waals surface area contributed by atoms with Gasteiger partial charge in [-0.05, 0) is 24.6 Å². The predicted molar refractivity (Wildman–Crippen MR) is 75.7 cm³/mol. The third kappa shape index (κ3) is 4.87. The number of carbonyl (C=O) groups excluding carboxylic acids is 2. The molecule has 0 aliphatic rings. The molecule has 0 spiro atoms. The molecule has 0 fully saturated rings. The van der Waals surface area contributed by atoms with E-state index in [-0.39, 0.29) is 17.9 Å². The molecule has 0 radical (unpaired) electrons. The number of hydrogen-bond donors (Lipinski definition) is 2. The summed E-state index contributed by atoms with van der Waals surface area (Å²) in [5, 5.41) is 6.27. The van der Waals surface area contributed by atoms with Crippen LogP contribution < -0.4 is 10.6 Å². The highest BCUT2D eigenvalue weighted by atomic mass is 79.9. The number of anilines is 1. The summed E-state index contributed by atoms with van der Waals surface area (Å²) >= 11 is 3.23. The second-order valence-electron chi connectivity index (χ2n) is 4.03. The number of halogens is 1. The maximum absolute atomic E-state index is 11.5. The Morgan fingerprint density at radius 3 is 2.72 bits per heavy atom. The number of rotatable bonds is 5. The zero-order valence-corrected chi connectivity index (χ0v) is 12.1. The lowest BCUT2D eigenvalue weighted by molar-refractivity contribution is -0.121. The van der Waals surface area contributed by atoms with Gasteiger partial charge in [-0.25, -0.2) is 0 Å². The highest BCUT2D eigenvalue weighted by molar-refractivity contribution is 9.09. The summed E-state index contributed by atoms with van der Waals surface area (Å²) in [6.07, 6.45) is 0.454. The molecule has 0 saturated heterocycles. The minimum Gasteiger partial charge on any atom is -0.350 e. The molecule has 1 atom stereocenters. The van der Waals surface area contributed by atoms with Gasteiger partial charge < -0.3 is 10.6 Å². The zero-order chi connectivity index (χ0) is 13.5. The molecule has 0 aliphatic carbocycles. The van der Waals surface area contributed by atoms with E-state index in [1.807, 2.05) is 31.2 Å². The lowest BCUT2D eigenvalue weighted by atomic mass is 10.1. The Labute approximate surface area is 115 Å². The molecule has 0 heterocycles. The quantitative estimate of drug-likeness (QED) is 0.821. The van der Waals surface area contributed by atoms with E-state index in [4.69, 9.17) is 0 Å². The monoisotopic (exact) mass is 312 g/mol. The van der Waals surface area contributed by atoms with Crippen LogP contribution in [0.4, 0.5) is 5.69 Å². The minimum absolute atomic E-state index is 0.00399. The van der Waals surface area contributed by atoms with Gasteiger partial charge in [0.05, 0.1) is 6.04 Å². The molecular weight excluding hydrogens is 296 g/mol. The van der Waals surface area contributed by atoms with Crippen molar-refractivity contribution in [2.75, 3.05) is 10.6 Å². The first kappa shape index (κ1) is 14.7. The van der Waals surface area contributed by atoms with Crippen LogP contribution in [0.3, 0.4) is 0 Å². The average molecular weight is 313 g/mol. The molecule has 1 aromatic rings. The van der Waals surface area contributed by atoms with Gasteiger partial charge in [0.15, 0.2) is 0 Å². The highest BCUT2D eigenvalue weighted by Crippen LogP contribution is 2.17. The fourth-order valence-corrected chi connectivity index (χ4v) is 1.93. The molecule has 1 aromatic carbocycles. The molecular formula is C13H17BrN2O2. The minimum atomic E-state index is -0.108. The summed E-state index contributed by atoms with van der Waals surface area (Å²) in [6, 6.07) is 7.38. The van der Waals surface area contributed by atoms with Crippen LogP contribution in [0, 0.1) is 0 Å². The van der Waals surface area contributed by atoms with Crippen molar-refractivity contribution >= 4 is 33.4 Å². The van der Waals surface area contributed by atoms with Crippen molar-refractivity contribution in [2.45, 2.75) is 26.3 Å². The second-order valence-corrected chi connectivity index (χ2v) is 4.83. The van der Waals surface area contributed by atoms with Gasteiger partial charge >= 0.3 is 0 Å². The molecule has 2 N–H and O–H groups in total. The van der Waals surface area contributed by atoms with Crippen molar-refractivity contribution in [3.8, 4) is 0 Å². The van der Waals surface area contributed by atoms with Gasteiger partial charge in [0.2, 0.25) is 11.8 Å². The van der Waals surface area contributed by atoms with E-state index in [2.05, 4.69) is 26.6 Å². The van der Waals surface area contributed by atoms with Crippen LogP contribution in [0.15, 0.2) is 24.3 Å². The molecule has 0 aromatic heterocycles. The van der Waals surface area contributed by atoms with Gasteiger partial charge in [-0.1, -0.05) is 28.1 Å². The van der Waals surface area contributed by atoms with Crippen LogP contribution in [-0.4, -0.2) is 17.1 Å². The van der Waals surface area contributed by atoms with Crippen molar-refractivity contribution in [1.29, 1.82) is 0 Å². The Morgan fingerprint density at radius 1 is 1.39 bits per heavy atom. The third-order valence-corrected chi connectivity index (χ3v) is 2.80. The number of hydrogen-bond acceptors (Lipinski definition) is 2. The molecule has 5 heteroatoms. The molecule has 18 heavy (non-hydrogen) atoms. The topological polar surface area (TPSA) is 58.2 Å². The molecule has 0 bridgehead atoms. The van der Waals surface area contributed by atoms with Crippen LogP contribution in [0.2, 0.25) is 0 Å². The van der Waals surface area contributed by atoms with Gasteiger partial charge in [0.25, 0.3) is 0 Å². The fourth-order valence-electron chi connectivity index (χ4n) is 1.57. The number of carbonyl (C=O) groups is 2. The van der Waals surface area contributed by atoms with Crippen molar-refractivity contribution in [2.24, 2.45) is 0 Å². The Morgan fingerprint density at radius 2 is 2.11 bits per heavy atom. The summed E-state index contributed by atoms with van der Waals surface area (Å²) in [5.41, 5.74) is 1.70. The fraction of sp³-hybridized carbons (Fsp3) is 0.385. The molecule has 2 amide bonds. The first-order chi connectivity index (χ1) is 8.52. The maximum atomic E-state index is 11.5. The van der Waals surface area contributed by atoms with E-state index in [0.717, 1.165) is 11.3 Å². The molecule has 0 aliphatic heterocycles. The summed E-state index contributed by atoms with van der Waals surface area (Å²) in [7, 11) is 0. The lowest BCUT2D eigenvalue weighted by Crippen LogP contribution is -2.26. The van der Waals surface area contributed by atoms with Crippen LogP contribution in [0.5, 0.6) is 0 Å². The summed E-state index contributed by atoms with van der Waals surface area (Å²) in [6.45, 7) is 3.38. The third-order valence-electron chi connectivity index (χ3n) is 2.41. The molecule has 4 nitrogen and oxygen atoms in total. The van der Waals surface area contributed by atoms with Gasteiger partial charge in [-0.3, -0.25) is 9.59 Å². The Hall–Kier alpha value is -1.36. The van der Waals surface area contributed by atoms with Crippen molar-refractivity contribution in [3.05, 3.63) is 29.8 Å². The Kier molecular flexibility index (Phi) is 5.85. The number of nitrogens with one attached hydrogen (secondary N) is 2. The standard InChI is InChI=1S/C13H17BrN2O2/c1-9(15-13(18)6-7-14)11-4-3-5-12(8-11)16-10(2)17/h3-5,8-9H,6-7H2,1-2H3,(H,15,18)(H,16,17). The van der Waals surface area contributed by atoms with E-state index in [1.165, 1.54) is 6.92 Å². The lowest BCUT2D eigenvalue weighted by Gasteiger charge is -2.15. The van der Waals surface area contributed by atoms with Crippen molar-refractivity contribution in [1.82, 2.24) is 5.32 Å². The Balaban J connectivity index is 2.70. The van der Waals surface area contributed by atoms with Crippen LogP contribution >= 0.6 is 15.9 Å². The van der Waals surface area contributed by atoms with E-state index in [1.54, 1.807) is 0 Å². The summed E-state index contributed by atoms with van der Waals surface area (Å²) < 4.78 is 0. The number of benzene rings is 1. The average Bonchev–Trinajstić information content (AvgIpc) is 2.28. The largest absolute Gasteiger partial charge is 0.350 e. The first-order valence-corrected chi connectivity index (χ1v) is 6.88. The normalized spacial score (nSPS) is 11.7. The smallest absolute Gasteiger partial charge is 0.221 e. The van der Waals surface area contributed by atoms with E-state index in [0.29, 0.717) is 11.8 Å². The van der Waals surface area contributed by atoms with Crippen molar-refractivity contribution < 1.29 is 9.59 Å². The van der Waals surface area contributed by atoms with E-state index in [9.17, 15) is 9.59 Å². The zero-order valence-electron chi connectivity index (χ0n) is 10.5. The second kappa shape index (κ2) is 7.16. The SMILES string of the molecule is CC(=O)Nc1cccc(C(C)NC(=O)CCBr)c1. The maximum Gasteiger partial charge on any atom is 0.221 e. The van der Waals surface area contributed by atoms with Gasteiger partial charge in [0.1, 0.15) is 0 Å². The summed E-state index contributed by atoms with van der Waals surface area (Å²) in [5.74, 6) is -0.104. The van der Waals surface area contributed by atoms with E-state index >= 15 is 0 Å². The van der Waals surface area contributed by atoms with Gasteiger partial charge in [0, 0.05) is 24.4 Å².